The van der Waals surface area contributed by atoms with Gasteiger partial charge in [-0.05, 0) is 31.4 Å². The number of aromatic nitrogens is 1. The summed E-state index contributed by atoms with van der Waals surface area (Å²) >= 11 is 0. The minimum absolute atomic E-state index is 0.0507. The van der Waals surface area contributed by atoms with Crippen molar-refractivity contribution in [2.24, 2.45) is 5.92 Å². The van der Waals surface area contributed by atoms with Gasteiger partial charge in [0.05, 0.1) is 0 Å². The van der Waals surface area contributed by atoms with Crippen LogP contribution in [0.25, 0.3) is 0 Å². The van der Waals surface area contributed by atoms with Gasteiger partial charge in [0.15, 0.2) is 0 Å². The van der Waals surface area contributed by atoms with E-state index in [0.717, 1.165) is 24.6 Å². The minimum Gasteiger partial charge on any atom is -0.384 e. The molecule has 0 aliphatic heterocycles. The average Bonchev–Trinajstić information content (AvgIpc) is 2.80. The van der Waals surface area contributed by atoms with Gasteiger partial charge in [-0.25, -0.2) is 4.98 Å². The molecule has 1 fully saturated rings. The van der Waals surface area contributed by atoms with E-state index in [0.29, 0.717) is 11.4 Å². The van der Waals surface area contributed by atoms with Crippen molar-refractivity contribution in [3.63, 3.8) is 0 Å². The van der Waals surface area contributed by atoms with Crippen LogP contribution in [-0.4, -0.2) is 17.4 Å². The molecule has 1 aromatic rings. The fraction of sp³-hybridized carbons (Fsp3) is 0.571. The van der Waals surface area contributed by atoms with Gasteiger partial charge in [0.2, 0.25) is 0 Å². The van der Waals surface area contributed by atoms with E-state index in [-0.39, 0.29) is 5.91 Å². The normalized spacial score (nSPS) is 15.8. The lowest BCUT2D eigenvalue weighted by Crippen LogP contribution is -2.26. The Bertz CT molecular complexity index is 405. The quantitative estimate of drug-likeness (QED) is 0.857. The zero-order valence-electron chi connectivity index (χ0n) is 10.9. The number of hydrogen-bond donors (Lipinski definition) is 2. The van der Waals surface area contributed by atoms with E-state index in [2.05, 4.69) is 10.3 Å². The van der Waals surface area contributed by atoms with Gasteiger partial charge in [0.25, 0.3) is 5.91 Å². The molecule has 3 N–H and O–H groups in total. The zero-order valence-corrected chi connectivity index (χ0v) is 10.9. The Balaban J connectivity index is 1.83. The van der Waals surface area contributed by atoms with Crippen molar-refractivity contribution in [1.82, 2.24) is 10.3 Å². The SMILES string of the molecule is Cc1cc(C(=O)NCCC2CCCC2)cc(N)n1. The van der Waals surface area contributed by atoms with Crippen LogP contribution in [0.4, 0.5) is 5.82 Å². The van der Waals surface area contributed by atoms with Crippen LogP contribution in [0.2, 0.25) is 0 Å². The standard InChI is InChI=1S/C14H21N3O/c1-10-8-12(9-13(15)17-10)14(18)16-7-6-11-4-2-3-5-11/h8-9,11H,2-7H2,1H3,(H2,15,17)(H,16,18). The predicted molar refractivity (Wildman–Crippen MR) is 72.3 cm³/mol. The molecule has 98 valence electrons. The maximum absolute atomic E-state index is 11.9. The van der Waals surface area contributed by atoms with Crippen molar-refractivity contribution in [3.05, 3.63) is 23.4 Å². The molecule has 0 atom stereocenters. The summed E-state index contributed by atoms with van der Waals surface area (Å²) in [7, 11) is 0. The van der Waals surface area contributed by atoms with Crippen LogP contribution in [0.15, 0.2) is 12.1 Å². The first-order chi connectivity index (χ1) is 8.65. The fourth-order valence-corrected chi connectivity index (χ4v) is 2.62. The summed E-state index contributed by atoms with van der Waals surface area (Å²) in [6.45, 7) is 2.59. The van der Waals surface area contributed by atoms with E-state index in [4.69, 9.17) is 5.73 Å². The molecule has 1 aliphatic rings. The number of carbonyl (C=O) groups is 1. The third-order valence-electron chi connectivity index (χ3n) is 3.55. The van der Waals surface area contributed by atoms with Gasteiger partial charge in [-0.1, -0.05) is 25.7 Å². The first kappa shape index (κ1) is 12.9. The first-order valence-electron chi connectivity index (χ1n) is 6.67. The number of pyridine rings is 1. The highest BCUT2D eigenvalue weighted by Gasteiger charge is 2.15. The number of carbonyl (C=O) groups excluding carboxylic acids is 1. The molecule has 0 spiro atoms. The molecule has 0 aromatic carbocycles. The van der Waals surface area contributed by atoms with E-state index in [1.807, 2.05) is 6.92 Å². The Hall–Kier alpha value is -1.58. The average molecular weight is 247 g/mol. The number of hydrogen-bond acceptors (Lipinski definition) is 3. The number of nitrogens with one attached hydrogen (secondary N) is 1. The highest BCUT2D eigenvalue weighted by Crippen LogP contribution is 2.26. The lowest BCUT2D eigenvalue weighted by atomic mass is 10.0. The molecule has 1 amide bonds. The molecule has 0 bridgehead atoms. The lowest BCUT2D eigenvalue weighted by Gasteiger charge is -2.10. The van der Waals surface area contributed by atoms with Crippen molar-refractivity contribution in [2.45, 2.75) is 39.0 Å². The van der Waals surface area contributed by atoms with Gasteiger partial charge in [0.1, 0.15) is 5.82 Å². The highest BCUT2D eigenvalue weighted by atomic mass is 16.1. The van der Waals surface area contributed by atoms with Crippen LogP contribution >= 0.6 is 0 Å². The number of aryl methyl sites for hydroxylation is 1. The van der Waals surface area contributed by atoms with Crippen LogP contribution in [0.5, 0.6) is 0 Å². The fourth-order valence-electron chi connectivity index (χ4n) is 2.62. The monoisotopic (exact) mass is 247 g/mol. The van der Waals surface area contributed by atoms with E-state index >= 15 is 0 Å². The molecule has 0 saturated heterocycles. The maximum atomic E-state index is 11.9. The van der Waals surface area contributed by atoms with Crippen molar-refractivity contribution < 1.29 is 4.79 Å². The molecule has 0 unspecified atom stereocenters. The molecule has 1 aromatic heterocycles. The van der Waals surface area contributed by atoms with Crippen LogP contribution in [0.1, 0.15) is 48.2 Å². The molecule has 2 rings (SSSR count). The summed E-state index contributed by atoms with van der Waals surface area (Å²) in [4.78, 5) is 16.0. The highest BCUT2D eigenvalue weighted by molar-refractivity contribution is 5.94. The molecular formula is C14H21N3O. The molecule has 18 heavy (non-hydrogen) atoms. The van der Waals surface area contributed by atoms with Gasteiger partial charge in [0, 0.05) is 17.8 Å². The minimum atomic E-state index is -0.0507. The smallest absolute Gasteiger partial charge is 0.251 e. The van der Waals surface area contributed by atoms with Gasteiger partial charge < -0.3 is 11.1 Å². The van der Waals surface area contributed by atoms with Crippen LogP contribution in [0.3, 0.4) is 0 Å². The lowest BCUT2D eigenvalue weighted by molar-refractivity contribution is 0.0951. The van der Waals surface area contributed by atoms with Gasteiger partial charge in [-0.3, -0.25) is 4.79 Å². The second-order valence-electron chi connectivity index (χ2n) is 5.12. The van der Waals surface area contributed by atoms with E-state index < -0.39 is 0 Å². The van der Waals surface area contributed by atoms with Gasteiger partial charge in [-0.2, -0.15) is 0 Å². The van der Waals surface area contributed by atoms with Crippen molar-refractivity contribution in [3.8, 4) is 0 Å². The van der Waals surface area contributed by atoms with Crippen LogP contribution in [0, 0.1) is 12.8 Å². The Morgan fingerprint density at radius 3 is 2.83 bits per heavy atom. The molecule has 4 heteroatoms. The van der Waals surface area contributed by atoms with Gasteiger partial charge >= 0.3 is 0 Å². The summed E-state index contributed by atoms with van der Waals surface area (Å²) in [6.07, 6.45) is 6.41. The molecular weight excluding hydrogens is 226 g/mol. The van der Waals surface area contributed by atoms with Crippen molar-refractivity contribution >= 4 is 11.7 Å². The molecule has 1 saturated carbocycles. The largest absolute Gasteiger partial charge is 0.384 e. The Kier molecular flexibility index (Phi) is 4.18. The van der Waals surface area contributed by atoms with Crippen molar-refractivity contribution in [1.29, 1.82) is 0 Å². The number of amides is 1. The maximum Gasteiger partial charge on any atom is 0.251 e. The molecule has 0 radical (unpaired) electrons. The summed E-state index contributed by atoms with van der Waals surface area (Å²) in [5.41, 5.74) is 7.01. The number of rotatable bonds is 4. The Morgan fingerprint density at radius 1 is 1.44 bits per heavy atom. The summed E-state index contributed by atoms with van der Waals surface area (Å²) < 4.78 is 0. The number of anilines is 1. The number of nitrogens with two attached hydrogens (primary N) is 1. The van der Waals surface area contributed by atoms with Crippen molar-refractivity contribution in [2.75, 3.05) is 12.3 Å². The van der Waals surface area contributed by atoms with E-state index in [1.165, 1.54) is 25.7 Å². The number of nitrogens with zero attached hydrogens (tertiary/aromatic N) is 1. The second kappa shape index (κ2) is 5.85. The second-order valence-corrected chi connectivity index (χ2v) is 5.12. The number of nitrogen functional groups attached to an aromatic ring is 1. The third-order valence-corrected chi connectivity index (χ3v) is 3.55. The molecule has 1 heterocycles. The van der Waals surface area contributed by atoms with E-state index in [1.54, 1.807) is 12.1 Å². The zero-order chi connectivity index (χ0) is 13.0. The summed E-state index contributed by atoms with van der Waals surface area (Å²) in [5, 5.41) is 2.96. The topological polar surface area (TPSA) is 68.0 Å². The summed E-state index contributed by atoms with van der Waals surface area (Å²) in [5.74, 6) is 1.15. The third kappa shape index (κ3) is 3.45. The molecule has 1 aliphatic carbocycles. The van der Waals surface area contributed by atoms with Gasteiger partial charge in [-0.15, -0.1) is 0 Å². The van der Waals surface area contributed by atoms with E-state index in [9.17, 15) is 4.79 Å². The predicted octanol–water partition coefficient (Wildman–Crippen LogP) is 2.28. The van der Waals surface area contributed by atoms with Crippen LogP contribution in [-0.2, 0) is 0 Å². The Morgan fingerprint density at radius 2 is 2.17 bits per heavy atom. The first-order valence-corrected chi connectivity index (χ1v) is 6.67. The summed E-state index contributed by atoms with van der Waals surface area (Å²) in [6, 6.07) is 3.39. The Labute approximate surface area is 108 Å². The van der Waals surface area contributed by atoms with Crippen LogP contribution < -0.4 is 11.1 Å². The molecule has 4 nitrogen and oxygen atoms in total.